The van der Waals surface area contributed by atoms with Crippen LogP contribution in [0.4, 0.5) is 33.3 Å². The normalized spacial score (nSPS) is 11.6. The van der Waals surface area contributed by atoms with Crippen LogP contribution in [0.2, 0.25) is 0 Å². The highest BCUT2D eigenvalue weighted by atomic mass is 19.4. The van der Waals surface area contributed by atoms with E-state index in [2.05, 4.69) is 10.1 Å². The molecule has 3 N–H and O–H groups in total. The van der Waals surface area contributed by atoms with Gasteiger partial charge in [0.1, 0.15) is 12.3 Å². The maximum absolute atomic E-state index is 13.2. The summed E-state index contributed by atoms with van der Waals surface area (Å²) in [5.74, 6) is -1.83. The number of ether oxygens (including phenoxy) is 1. The van der Waals surface area contributed by atoms with Gasteiger partial charge < -0.3 is 15.8 Å². The molecule has 0 saturated heterocycles. The Bertz CT molecular complexity index is 385. The monoisotopic (exact) mass is 270 g/mol. The van der Waals surface area contributed by atoms with Crippen molar-refractivity contribution < 1.29 is 26.7 Å². The Kier molecular flexibility index (Phi) is 4.71. The lowest BCUT2D eigenvalue weighted by Crippen LogP contribution is -2.20. The highest BCUT2D eigenvalue weighted by molar-refractivity contribution is 5.53. The third-order valence-electron chi connectivity index (χ3n) is 1.88. The van der Waals surface area contributed by atoms with Crippen LogP contribution < -0.4 is 11.1 Å². The summed E-state index contributed by atoms with van der Waals surface area (Å²) in [5, 5.41) is 2.30. The Hall–Kier alpha value is -1.57. The molecule has 0 bridgehead atoms. The molecule has 0 aliphatic heterocycles. The van der Waals surface area contributed by atoms with Gasteiger partial charge in [0.05, 0.1) is 6.61 Å². The van der Waals surface area contributed by atoms with Crippen LogP contribution in [0.5, 0.6) is 0 Å². The number of nitrogens with two attached hydrogens (primary N) is 1. The van der Waals surface area contributed by atoms with Crippen molar-refractivity contribution in [1.82, 2.24) is 0 Å². The van der Waals surface area contributed by atoms with Crippen molar-refractivity contribution in [2.75, 3.05) is 30.8 Å². The van der Waals surface area contributed by atoms with Gasteiger partial charge in [0.2, 0.25) is 0 Å². The molecule has 0 amide bonds. The lowest BCUT2D eigenvalue weighted by atomic mass is 10.2. The molecule has 0 aromatic heterocycles. The van der Waals surface area contributed by atoms with E-state index in [1.807, 2.05) is 0 Å². The fourth-order valence-electron chi connectivity index (χ4n) is 1.20. The number of benzene rings is 1. The first-order chi connectivity index (χ1) is 8.29. The summed E-state index contributed by atoms with van der Waals surface area (Å²) in [6, 6.07) is 1.81. The average Bonchev–Trinajstić information content (AvgIpc) is 2.19. The van der Waals surface area contributed by atoms with Gasteiger partial charge in [-0.2, -0.15) is 13.2 Å². The Labute approximate surface area is 99.7 Å². The zero-order valence-electron chi connectivity index (χ0n) is 9.15. The minimum Gasteiger partial charge on any atom is -0.399 e. The van der Waals surface area contributed by atoms with E-state index in [0.29, 0.717) is 0 Å². The van der Waals surface area contributed by atoms with Gasteiger partial charge in [-0.1, -0.05) is 0 Å². The number of halogens is 5. The van der Waals surface area contributed by atoms with Gasteiger partial charge in [0, 0.05) is 12.2 Å². The van der Waals surface area contributed by atoms with Gasteiger partial charge in [-0.05, 0) is 12.1 Å². The van der Waals surface area contributed by atoms with Crippen molar-refractivity contribution in [1.29, 1.82) is 0 Å². The maximum atomic E-state index is 13.2. The standard InChI is InChI=1S/C10H11F5N2O/c11-7-3-6(16)4-8(12)9(7)17-1-2-18-5-10(13,14)15/h3-4,17H,1-2,5,16H2. The number of nitrogen functional groups attached to an aromatic ring is 1. The largest absolute Gasteiger partial charge is 0.411 e. The molecule has 18 heavy (non-hydrogen) atoms. The topological polar surface area (TPSA) is 47.3 Å². The Morgan fingerprint density at radius 1 is 1.17 bits per heavy atom. The summed E-state index contributed by atoms with van der Waals surface area (Å²) in [6.07, 6.45) is -4.42. The van der Waals surface area contributed by atoms with Gasteiger partial charge in [-0.25, -0.2) is 8.78 Å². The summed E-state index contributed by atoms with van der Waals surface area (Å²) in [6.45, 7) is -1.89. The van der Waals surface area contributed by atoms with Crippen LogP contribution in [0.3, 0.4) is 0 Å². The second-order valence-corrected chi connectivity index (χ2v) is 3.45. The Balaban J connectivity index is 2.41. The lowest BCUT2D eigenvalue weighted by Gasteiger charge is -2.11. The van der Waals surface area contributed by atoms with E-state index in [-0.39, 0.29) is 18.8 Å². The summed E-state index contributed by atoms with van der Waals surface area (Å²) < 4.78 is 65.8. The van der Waals surface area contributed by atoms with Crippen molar-refractivity contribution in [3.63, 3.8) is 0 Å². The molecule has 102 valence electrons. The third kappa shape index (κ3) is 4.74. The van der Waals surface area contributed by atoms with Crippen LogP contribution in [-0.2, 0) is 4.74 Å². The first-order valence-corrected chi connectivity index (χ1v) is 4.92. The lowest BCUT2D eigenvalue weighted by molar-refractivity contribution is -0.172. The number of nitrogens with one attached hydrogen (secondary N) is 1. The van der Waals surface area contributed by atoms with E-state index in [0.717, 1.165) is 12.1 Å². The molecule has 0 heterocycles. The highest BCUT2D eigenvalue weighted by Gasteiger charge is 2.27. The first-order valence-electron chi connectivity index (χ1n) is 4.92. The van der Waals surface area contributed by atoms with E-state index >= 15 is 0 Å². The van der Waals surface area contributed by atoms with Crippen LogP contribution in [0.15, 0.2) is 12.1 Å². The molecule has 0 spiro atoms. The quantitative estimate of drug-likeness (QED) is 0.491. The smallest absolute Gasteiger partial charge is 0.399 e. The molecule has 0 unspecified atom stereocenters. The van der Waals surface area contributed by atoms with Gasteiger partial charge in [0.15, 0.2) is 11.6 Å². The first kappa shape index (κ1) is 14.5. The summed E-state index contributed by atoms with van der Waals surface area (Å²) >= 11 is 0. The summed E-state index contributed by atoms with van der Waals surface area (Å²) in [7, 11) is 0. The van der Waals surface area contributed by atoms with E-state index in [1.165, 1.54) is 0 Å². The highest BCUT2D eigenvalue weighted by Crippen LogP contribution is 2.21. The summed E-state index contributed by atoms with van der Waals surface area (Å²) in [5.41, 5.74) is 4.67. The van der Waals surface area contributed by atoms with Crippen LogP contribution in [0.1, 0.15) is 0 Å². The predicted molar refractivity (Wildman–Crippen MR) is 56.1 cm³/mol. The molecule has 0 radical (unpaired) electrons. The molecule has 0 fully saturated rings. The zero-order valence-corrected chi connectivity index (χ0v) is 9.15. The van der Waals surface area contributed by atoms with Gasteiger partial charge in [-0.3, -0.25) is 0 Å². The molecule has 0 saturated carbocycles. The second kappa shape index (κ2) is 5.85. The fourth-order valence-corrected chi connectivity index (χ4v) is 1.20. The maximum Gasteiger partial charge on any atom is 0.411 e. The number of rotatable bonds is 5. The minimum absolute atomic E-state index is 0.0797. The Morgan fingerprint density at radius 3 is 2.22 bits per heavy atom. The number of anilines is 2. The molecule has 3 nitrogen and oxygen atoms in total. The predicted octanol–water partition coefficient (Wildman–Crippen LogP) is 2.54. The zero-order chi connectivity index (χ0) is 13.8. The van der Waals surface area contributed by atoms with Crippen molar-refractivity contribution in [2.45, 2.75) is 6.18 Å². The van der Waals surface area contributed by atoms with E-state index in [9.17, 15) is 22.0 Å². The van der Waals surface area contributed by atoms with Crippen molar-refractivity contribution in [3.05, 3.63) is 23.8 Å². The molecular weight excluding hydrogens is 259 g/mol. The SMILES string of the molecule is Nc1cc(F)c(NCCOCC(F)(F)F)c(F)c1. The molecule has 1 aromatic rings. The molecule has 8 heteroatoms. The van der Waals surface area contributed by atoms with E-state index in [4.69, 9.17) is 5.73 Å². The van der Waals surface area contributed by atoms with Gasteiger partial charge in [-0.15, -0.1) is 0 Å². The average molecular weight is 270 g/mol. The molecule has 0 aliphatic rings. The van der Waals surface area contributed by atoms with Crippen LogP contribution in [-0.4, -0.2) is 25.9 Å². The number of hydrogen-bond acceptors (Lipinski definition) is 3. The van der Waals surface area contributed by atoms with Crippen molar-refractivity contribution >= 4 is 11.4 Å². The second-order valence-electron chi connectivity index (χ2n) is 3.45. The van der Waals surface area contributed by atoms with E-state index < -0.39 is 30.1 Å². The van der Waals surface area contributed by atoms with Crippen LogP contribution in [0, 0.1) is 11.6 Å². The minimum atomic E-state index is -4.42. The fraction of sp³-hybridized carbons (Fsp3) is 0.400. The van der Waals surface area contributed by atoms with Crippen LogP contribution in [0.25, 0.3) is 0 Å². The molecular formula is C10H11F5N2O. The molecule has 0 aliphatic carbocycles. The Morgan fingerprint density at radius 2 is 1.72 bits per heavy atom. The molecule has 0 atom stereocenters. The molecule has 1 aromatic carbocycles. The van der Waals surface area contributed by atoms with Gasteiger partial charge >= 0.3 is 6.18 Å². The summed E-state index contributed by atoms with van der Waals surface area (Å²) in [4.78, 5) is 0. The van der Waals surface area contributed by atoms with E-state index in [1.54, 1.807) is 0 Å². The van der Waals surface area contributed by atoms with Crippen LogP contribution >= 0.6 is 0 Å². The van der Waals surface area contributed by atoms with Crippen molar-refractivity contribution in [2.24, 2.45) is 0 Å². The number of alkyl halides is 3. The third-order valence-corrected chi connectivity index (χ3v) is 1.88. The van der Waals surface area contributed by atoms with Crippen molar-refractivity contribution in [3.8, 4) is 0 Å². The number of hydrogen-bond donors (Lipinski definition) is 2. The molecule has 1 rings (SSSR count). The van der Waals surface area contributed by atoms with Gasteiger partial charge in [0.25, 0.3) is 0 Å².